The van der Waals surface area contributed by atoms with Crippen LogP contribution in [0.5, 0.6) is 5.75 Å². The Morgan fingerprint density at radius 2 is 2.00 bits per heavy atom. The van der Waals surface area contributed by atoms with Gasteiger partial charge in [0.05, 0.1) is 48.6 Å². The van der Waals surface area contributed by atoms with Gasteiger partial charge in [-0.2, -0.15) is 0 Å². The quantitative estimate of drug-likeness (QED) is 0.286. The minimum Gasteiger partial charge on any atom is -0.497 e. The normalized spacial score (nSPS) is 16.1. The minimum atomic E-state index is -0.555. The lowest BCUT2D eigenvalue weighted by molar-refractivity contribution is -0.115. The van der Waals surface area contributed by atoms with Crippen molar-refractivity contribution in [1.82, 2.24) is 9.55 Å². The van der Waals surface area contributed by atoms with Crippen LogP contribution in [-0.4, -0.2) is 53.6 Å². The zero-order chi connectivity index (χ0) is 24.9. The van der Waals surface area contributed by atoms with Crippen molar-refractivity contribution in [2.75, 3.05) is 26.1 Å². The van der Waals surface area contributed by atoms with Crippen LogP contribution in [0.25, 0.3) is 10.9 Å². The van der Waals surface area contributed by atoms with E-state index in [2.05, 4.69) is 10.3 Å². The summed E-state index contributed by atoms with van der Waals surface area (Å²) in [5.41, 5.74) is 1.05. The van der Waals surface area contributed by atoms with Gasteiger partial charge in [-0.15, -0.1) is 0 Å². The van der Waals surface area contributed by atoms with Crippen LogP contribution in [0.4, 0.5) is 5.69 Å². The van der Waals surface area contributed by atoms with E-state index in [-0.39, 0.29) is 17.6 Å². The number of methoxy groups -OCH3 is 2. The highest BCUT2D eigenvalue weighted by Gasteiger charge is 2.24. The number of nitrogens with one attached hydrogen (secondary N) is 1. The first-order valence-corrected chi connectivity index (χ1v) is 12.1. The molecule has 3 aromatic rings. The minimum absolute atomic E-state index is 0.0934. The number of esters is 1. The molecule has 2 atom stereocenters. The Morgan fingerprint density at radius 3 is 2.66 bits per heavy atom. The van der Waals surface area contributed by atoms with E-state index in [1.165, 1.54) is 24.9 Å². The summed E-state index contributed by atoms with van der Waals surface area (Å²) in [5, 5.41) is 3.09. The average molecular weight is 498 g/mol. The highest BCUT2D eigenvalue weighted by Crippen LogP contribution is 2.26. The third-order valence-corrected chi connectivity index (χ3v) is 6.85. The van der Waals surface area contributed by atoms with Crippen molar-refractivity contribution >= 4 is 40.2 Å². The zero-order valence-electron chi connectivity index (χ0n) is 19.8. The number of amides is 1. The fourth-order valence-electron chi connectivity index (χ4n) is 3.82. The summed E-state index contributed by atoms with van der Waals surface area (Å²) in [5.74, 6) is -0.0598. The van der Waals surface area contributed by atoms with Gasteiger partial charge in [0.25, 0.3) is 5.56 Å². The van der Waals surface area contributed by atoms with Gasteiger partial charge in [0.1, 0.15) is 5.75 Å². The third kappa shape index (κ3) is 5.66. The number of hydrogen-bond acceptors (Lipinski definition) is 8. The maximum atomic E-state index is 13.4. The SMILES string of the molecule is COC(=O)c1ccc2c(=O)n(C[C@H]3CCCO3)c(S[C@@H](C)C(=O)Nc3ccc(OC)cc3)nc2c1. The van der Waals surface area contributed by atoms with Gasteiger partial charge >= 0.3 is 5.97 Å². The van der Waals surface area contributed by atoms with E-state index in [0.29, 0.717) is 46.2 Å². The highest BCUT2D eigenvalue weighted by atomic mass is 32.2. The second-order valence-corrected chi connectivity index (χ2v) is 9.45. The molecule has 0 radical (unpaired) electrons. The molecule has 35 heavy (non-hydrogen) atoms. The number of aromatic nitrogens is 2. The molecule has 10 heteroatoms. The monoisotopic (exact) mass is 497 g/mol. The fraction of sp³-hybridized carbons (Fsp3) is 0.360. The van der Waals surface area contributed by atoms with Gasteiger partial charge in [0.15, 0.2) is 5.16 Å². The molecule has 1 aliphatic rings. The first-order chi connectivity index (χ1) is 16.9. The van der Waals surface area contributed by atoms with Crippen LogP contribution in [0.1, 0.15) is 30.1 Å². The molecular weight excluding hydrogens is 470 g/mol. The zero-order valence-corrected chi connectivity index (χ0v) is 20.6. The molecule has 1 amide bonds. The lowest BCUT2D eigenvalue weighted by Gasteiger charge is -2.19. The Hall–Kier alpha value is -3.37. The van der Waals surface area contributed by atoms with E-state index in [4.69, 9.17) is 14.2 Å². The number of hydrogen-bond donors (Lipinski definition) is 1. The van der Waals surface area contributed by atoms with E-state index in [1.807, 2.05) is 0 Å². The van der Waals surface area contributed by atoms with Gasteiger partial charge in [-0.3, -0.25) is 14.2 Å². The lowest BCUT2D eigenvalue weighted by atomic mass is 10.1. The van der Waals surface area contributed by atoms with Crippen LogP contribution in [0.3, 0.4) is 0 Å². The van der Waals surface area contributed by atoms with Gasteiger partial charge in [0.2, 0.25) is 5.91 Å². The molecule has 1 aromatic heterocycles. The molecule has 9 nitrogen and oxygen atoms in total. The van der Waals surface area contributed by atoms with Gasteiger partial charge < -0.3 is 19.5 Å². The van der Waals surface area contributed by atoms with E-state index in [0.717, 1.165) is 12.8 Å². The molecule has 1 fully saturated rings. The molecule has 1 N–H and O–H groups in total. The molecule has 0 unspecified atom stereocenters. The van der Waals surface area contributed by atoms with Gasteiger partial charge in [0, 0.05) is 12.3 Å². The lowest BCUT2D eigenvalue weighted by Crippen LogP contribution is -2.30. The van der Waals surface area contributed by atoms with Crippen LogP contribution in [0.2, 0.25) is 0 Å². The van der Waals surface area contributed by atoms with Crippen molar-refractivity contribution in [2.45, 2.75) is 42.8 Å². The van der Waals surface area contributed by atoms with Crippen molar-refractivity contribution in [3.63, 3.8) is 0 Å². The average Bonchev–Trinajstić information content (AvgIpc) is 3.39. The van der Waals surface area contributed by atoms with Crippen LogP contribution in [0, 0.1) is 0 Å². The largest absolute Gasteiger partial charge is 0.497 e. The number of anilines is 1. The van der Waals surface area contributed by atoms with Crippen LogP contribution in [-0.2, 0) is 20.8 Å². The van der Waals surface area contributed by atoms with Gasteiger partial charge in [-0.25, -0.2) is 9.78 Å². The molecule has 1 saturated heterocycles. The topological polar surface area (TPSA) is 109 Å². The second kappa shape index (κ2) is 10.9. The maximum Gasteiger partial charge on any atom is 0.337 e. The fourth-order valence-corrected chi connectivity index (χ4v) is 4.74. The van der Waals surface area contributed by atoms with Crippen molar-refractivity contribution in [1.29, 1.82) is 0 Å². The number of rotatable bonds is 8. The van der Waals surface area contributed by atoms with Crippen LogP contribution >= 0.6 is 11.8 Å². The molecule has 184 valence electrons. The number of fused-ring (bicyclic) bond motifs is 1. The maximum absolute atomic E-state index is 13.4. The number of thioether (sulfide) groups is 1. The summed E-state index contributed by atoms with van der Waals surface area (Å²) >= 11 is 1.18. The molecule has 1 aliphatic heterocycles. The van der Waals surface area contributed by atoms with Crippen LogP contribution < -0.4 is 15.6 Å². The first-order valence-electron chi connectivity index (χ1n) is 11.3. The Morgan fingerprint density at radius 1 is 1.23 bits per heavy atom. The summed E-state index contributed by atoms with van der Waals surface area (Å²) < 4.78 is 17.3. The number of ether oxygens (including phenoxy) is 3. The van der Waals surface area contributed by atoms with Crippen molar-refractivity contribution in [3.05, 3.63) is 58.4 Å². The Balaban J connectivity index is 1.64. The molecular formula is C25H27N3O6S. The van der Waals surface area contributed by atoms with Crippen LogP contribution in [0.15, 0.2) is 52.4 Å². The Labute approximate surface area is 206 Å². The summed E-state index contributed by atoms with van der Waals surface area (Å²) in [7, 11) is 2.87. The summed E-state index contributed by atoms with van der Waals surface area (Å²) in [6, 6.07) is 11.7. The van der Waals surface area contributed by atoms with E-state index < -0.39 is 11.2 Å². The van der Waals surface area contributed by atoms with Gasteiger partial charge in [-0.1, -0.05) is 11.8 Å². The van der Waals surface area contributed by atoms with E-state index in [9.17, 15) is 14.4 Å². The smallest absolute Gasteiger partial charge is 0.337 e. The van der Waals surface area contributed by atoms with E-state index in [1.54, 1.807) is 55.0 Å². The van der Waals surface area contributed by atoms with Crippen molar-refractivity contribution in [2.24, 2.45) is 0 Å². The molecule has 0 saturated carbocycles. The predicted octanol–water partition coefficient (Wildman–Crippen LogP) is 3.49. The Bertz CT molecular complexity index is 1280. The standard InChI is InChI=1S/C25H27N3O6S/c1-15(22(29)26-17-7-9-18(32-2)10-8-17)35-25-27-21-13-16(24(31)33-3)6-11-20(21)23(30)28(25)14-19-5-4-12-34-19/h6-11,13,15,19H,4-5,12,14H2,1-3H3,(H,26,29)/t15-,19+/m0/s1. The van der Waals surface area contributed by atoms with Crippen molar-refractivity contribution < 1.29 is 23.8 Å². The Kier molecular flexibility index (Phi) is 7.72. The summed E-state index contributed by atoms with van der Waals surface area (Å²) in [4.78, 5) is 43.0. The molecule has 0 aliphatic carbocycles. The first kappa shape index (κ1) is 24.7. The molecule has 0 bridgehead atoms. The van der Waals surface area contributed by atoms with Crippen molar-refractivity contribution in [3.8, 4) is 5.75 Å². The highest BCUT2D eigenvalue weighted by molar-refractivity contribution is 8.00. The number of carbonyl (C=O) groups is 2. The summed E-state index contributed by atoms with van der Waals surface area (Å²) in [6.45, 7) is 2.75. The number of carbonyl (C=O) groups excluding carboxylic acids is 2. The predicted molar refractivity (Wildman–Crippen MR) is 133 cm³/mol. The summed E-state index contributed by atoms with van der Waals surface area (Å²) in [6.07, 6.45) is 1.69. The molecule has 2 heterocycles. The van der Waals surface area contributed by atoms with E-state index >= 15 is 0 Å². The second-order valence-electron chi connectivity index (χ2n) is 8.15. The molecule has 4 rings (SSSR count). The third-order valence-electron chi connectivity index (χ3n) is 5.76. The number of benzene rings is 2. The number of nitrogens with zero attached hydrogens (tertiary/aromatic N) is 2. The molecule has 2 aromatic carbocycles. The van der Waals surface area contributed by atoms with Gasteiger partial charge in [-0.05, 0) is 62.2 Å². The molecule has 0 spiro atoms.